The van der Waals surface area contributed by atoms with E-state index in [4.69, 9.17) is 10.5 Å². The van der Waals surface area contributed by atoms with Crippen molar-refractivity contribution in [1.82, 2.24) is 5.32 Å². The lowest BCUT2D eigenvalue weighted by atomic mass is 10.4. The minimum absolute atomic E-state index is 0. The number of nitrogens with two attached hydrogens (primary N) is 1. The van der Waals surface area contributed by atoms with Crippen LogP contribution in [0.15, 0.2) is 4.99 Å². The number of guanidine groups is 1. The number of carbonyl (C=O) groups excluding carboxylic acids is 1. The van der Waals surface area contributed by atoms with Gasteiger partial charge in [-0.3, -0.25) is 9.79 Å². The maximum Gasteiger partial charge on any atom is 0.307 e. The smallest absolute Gasteiger partial charge is 0.307 e. The summed E-state index contributed by atoms with van der Waals surface area (Å²) in [5.74, 6) is 0.0353. The molecule has 15 heavy (non-hydrogen) atoms. The summed E-state index contributed by atoms with van der Waals surface area (Å²) in [5.41, 5.74) is 5.47. The van der Waals surface area contributed by atoms with Gasteiger partial charge in [-0.1, -0.05) is 0 Å². The first-order valence-electron chi connectivity index (χ1n) is 4.30. The Hall–Kier alpha value is -0.570. The minimum Gasteiger partial charge on any atom is -0.469 e. The number of ether oxygens (including phenoxy) is 2. The molecule has 0 aliphatic heterocycles. The Kier molecular flexibility index (Phi) is 12.9. The van der Waals surface area contributed by atoms with Gasteiger partial charge in [-0.05, 0) is 0 Å². The molecular weight excluding hydrogens is 313 g/mol. The Labute approximate surface area is 107 Å². The molecule has 0 atom stereocenters. The zero-order chi connectivity index (χ0) is 10.8. The molecule has 0 radical (unpaired) electrons. The third-order valence-corrected chi connectivity index (χ3v) is 1.44. The summed E-state index contributed by atoms with van der Waals surface area (Å²) < 4.78 is 9.24. The van der Waals surface area contributed by atoms with E-state index in [2.05, 4.69) is 15.0 Å². The fourth-order valence-corrected chi connectivity index (χ4v) is 0.708. The maximum atomic E-state index is 10.7. The fourth-order valence-electron chi connectivity index (χ4n) is 0.708. The van der Waals surface area contributed by atoms with E-state index < -0.39 is 0 Å². The summed E-state index contributed by atoms with van der Waals surface area (Å²) >= 11 is 0. The molecule has 0 aliphatic rings. The predicted octanol–water partition coefficient (Wildman–Crippen LogP) is -0.282. The molecule has 0 saturated carbocycles. The Bertz CT molecular complexity index is 200. The number of rotatable bonds is 6. The molecule has 6 nitrogen and oxygen atoms in total. The highest BCUT2D eigenvalue weighted by molar-refractivity contribution is 14.0. The Morgan fingerprint density at radius 2 is 2.13 bits per heavy atom. The van der Waals surface area contributed by atoms with Gasteiger partial charge in [-0.25, -0.2) is 0 Å². The number of methoxy groups -OCH3 is 2. The number of aliphatic imine (C=N–C) groups is 1. The van der Waals surface area contributed by atoms with Crippen LogP contribution in [-0.2, 0) is 14.3 Å². The van der Waals surface area contributed by atoms with Gasteiger partial charge in [0.25, 0.3) is 0 Å². The molecular formula is C8H18IN3O3. The molecule has 0 amide bonds. The van der Waals surface area contributed by atoms with E-state index in [9.17, 15) is 4.79 Å². The molecule has 0 aromatic carbocycles. The highest BCUT2D eigenvalue weighted by atomic mass is 127. The Balaban J connectivity index is 0. The Morgan fingerprint density at radius 3 is 2.67 bits per heavy atom. The average molecular weight is 331 g/mol. The molecule has 0 aromatic heterocycles. The number of nitrogens with one attached hydrogen (secondary N) is 1. The van der Waals surface area contributed by atoms with Gasteiger partial charge < -0.3 is 20.5 Å². The topological polar surface area (TPSA) is 85.9 Å². The number of carbonyl (C=O) groups is 1. The summed E-state index contributed by atoms with van der Waals surface area (Å²) in [6.45, 7) is 1.46. The van der Waals surface area contributed by atoms with Gasteiger partial charge in [-0.2, -0.15) is 0 Å². The number of hydrogen-bond donors (Lipinski definition) is 2. The fraction of sp³-hybridized carbons (Fsp3) is 0.750. The molecule has 0 bridgehead atoms. The second-order valence-electron chi connectivity index (χ2n) is 2.51. The standard InChI is InChI=1S/C8H17N3O3.HI/c1-13-6-5-11-8(9)10-4-3-7(12)14-2;/h3-6H2,1-2H3,(H3,9,10,11);1H. The van der Waals surface area contributed by atoms with Gasteiger partial charge in [-0.15, -0.1) is 24.0 Å². The lowest BCUT2D eigenvalue weighted by Crippen LogP contribution is -2.33. The van der Waals surface area contributed by atoms with E-state index in [-0.39, 0.29) is 36.4 Å². The van der Waals surface area contributed by atoms with Crippen molar-refractivity contribution in [3.63, 3.8) is 0 Å². The summed E-state index contributed by atoms with van der Waals surface area (Å²) in [5, 5.41) is 2.78. The first kappa shape index (κ1) is 16.8. The van der Waals surface area contributed by atoms with Crippen molar-refractivity contribution in [2.75, 3.05) is 33.9 Å². The third kappa shape index (κ3) is 11.4. The molecule has 3 N–H and O–H groups in total. The van der Waals surface area contributed by atoms with E-state index in [1.54, 1.807) is 7.11 Å². The van der Waals surface area contributed by atoms with Gasteiger partial charge in [0.1, 0.15) is 0 Å². The van der Waals surface area contributed by atoms with Crippen molar-refractivity contribution in [3.05, 3.63) is 0 Å². The van der Waals surface area contributed by atoms with Gasteiger partial charge in [0.2, 0.25) is 0 Å². The molecule has 90 valence electrons. The molecule has 0 fully saturated rings. The van der Waals surface area contributed by atoms with Gasteiger partial charge in [0, 0.05) is 13.7 Å². The minimum atomic E-state index is -0.276. The number of esters is 1. The van der Waals surface area contributed by atoms with Crippen LogP contribution < -0.4 is 11.1 Å². The largest absolute Gasteiger partial charge is 0.469 e. The summed E-state index contributed by atoms with van der Waals surface area (Å²) in [6.07, 6.45) is 0.275. The van der Waals surface area contributed by atoms with Crippen molar-refractivity contribution in [3.8, 4) is 0 Å². The molecule has 0 unspecified atom stereocenters. The van der Waals surface area contributed by atoms with E-state index in [1.807, 2.05) is 0 Å². The zero-order valence-electron chi connectivity index (χ0n) is 8.99. The molecule has 0 aromatic rings. The van der Waals surface area contributed by atoms with Crippen LogP contribution in [0.4, 0.5) is 0 Å². The highest BCUT2D eigenvalue weighted by Crippen LogP contribution is 1.80. The molecule has 7 heteroatoms. The van der Waals surface area contributed by atoms with Crippen LogP contribution >= 0.6 is 24.0 Å². The third-order valence-electron chi connectivity index (χ3n) is 1.44. The number of halogens is 1. The lowest BCUT2D eigenvalue weighted by Gasteiger charge is -2.04. The van der Waals surface area contributed by atoms with E-state index >= 15 is 0 Å². The number of nitrogens with zero attached hydrogens (tertiary/aromatic N) is 1. The normalized spacial score (nSPS) is 10.4. The van der Waals surface area contributed by atoms with Crippen molar-refractivity contribution >= 4 is 35.9 Å². The van der Waals surface area contributed by atoms with Crippen LogP contribution in [0.2, 0.25) is 0 Å². The molecule has 0 spiro atoms. The maximum absolute atomic E-state index is 10.7. The quantitative estimate of drug-likeness (QED) is 0.230. The van der Waals surface area contributed by atoms with E-state index in [0.717, 1.165) is 0 Å². The van der Waals surface area contributed by atoms with Crippen LogP contribution in [0.5, 0.6) is 0 Å². The first-order chi connectivity index (χ1) is 6.70. The van der Waals surface area contributed by atoms with E-state index in [1.165, 1.54) is 7.11 Å². The summed E-state index contributed by atoms with van der Waals surface area (Å²) in [7, 11) is 2.94. The summed E-state index contributed by atoms with van der Waals surface area (Å²) in [4.78, 5) is 14.6. The van der Waals surface area contributed by atoms with Crippen molar-refractivity contribution < 1.29 is 14.3 Å². The highest BCUT2D eigenvalue weighted by Gasteiger charge is 1.98. The SMILES string of the molecule is COCCN=C(N)NCCC(=O)OC.I. The van der Waals surface area contributed by atoms with Crippen molar-refractivity contribution in [2.45, 2.75) is 6.42 Å². The lowest BCUT2D eigenvalue weighted by molar-refractivity contribution is -0.140. The second-order valence-corrected chi connectivity index (χ2v) is 2.51. The Morgan fingerprint density at radius 1 is 1.47 bits per heavy atom. The molecule has 0 aliphatic carbocycles. The van der Waals surface area contributed by atoms with Gasteiger partial charge in [0.05, 0.1) is 26.7 Å². The second kappa shape index (κ2) is 11.5. The summed E-state index contributed by atoms with van der Waals surface area (Å²) in [6, 6.07) is 0. The van der Waals surface area contributed by atoms with Crippen LogP contribution in [0, 0.1) is 0 Å². The van der Waals surface area contributed by atoms with Crippen molar-refractivity contribution in [1.29, 1.82) is 0 Å². The first-order valence-corrected chi connectivity index (χ1v) is 4.30. The predicted molar refractivity (Wildman–Crippen MR) is 68.4 cm³/mol. The molecule has 0 saturated heterocycles. The van der Waals surface area contributed by atoms with E-state index in [0.29, 0.717) is 25.7 Å². The van der Waals surface area contributed by atoms with Crippen molar-refractivity contribution in [2.24, 2.45) is 10.7 Å². The van der Waals surface area contributed by atoms with Crippen LogP contribution in [0.3, 0.4) is 0 Å². The van der Waals surface area contributed by atoms with Gasteiger partial charge >= 0.3 is 5.97 Å². The molecule has 0 rings (SSSR count). The zero-order valence-corrected chi connectivity index (χ0v) is 11.3. The number of hydrogen-bond acceptors (Lipinski definition) is 4. The van der Waals surface area contributed by atoms with Crippen LogP contribution in [-0.4, -0.2) is 45.8 Å². The monoisotopic (exact) mass is 331 g/mol. The van der Waals surface area contributed by atoms with Crippen LogP contribution in [0.25, 0.3) is 0 Å². The molecule has 0 heterocycles. The average Bonchev–Trinajstić information content (AvgIpc) is 2.18. The van der Waals surface area contributed by atoms with Crippen LogP contribution in [0.1, 0.15) is 6.42 Å². The van der Waals surface area contributed by atoms with Gasteiger partial charge in [0.15, 0.2) is 5.96 Å².